The zero-order valence-electron chi connectivity index (χ0n) is 18.4. The van der Waals surface area contributed by atoms with Crippen LogP contribution in [-0.2, 0) is 4.79 Å². The molecule has 0 saturated carbocycles. The van der Waals surface area contributed by atoms with Crippen LogP contribution < -0.4 is 20.7 Å². The van der Waals surface area contributed by atoms with Gasteiger partial charge in [-0.2, -0.15) is 4.98 Å². The monoisotopic (exact) mass is 519 g/mol. The first-order valence-electron chi connectivity index (χ1n) is 10.3. The molecule has 0 saturated heterocycles. The Bertz CT molecular complexity index is 1180. The van der Waals surface area contributed by atoms with Gasteiger partial charge in [-0.3, -0.25) is 4.79 Å². The molecule has 2 aromatic carbocycles. The number of rotatable bonds is 9. The Kier molecular flexibility index (Phi) is 8.86. The number of hydrogen-bond acceptors (Lipinski definition) is 6. The molecule has 0 spiro atoms. The van der Waals surface area contributed by atoms with Crippen LogP contribution in [0.25, 0.3) is 0 Å². The Balaban J connectivity index is 1.72. The molecule has 3 rings (SSSR count). The highest BCUT2D eigenvalue weighted by molar-refractivity contribution is 7.80. The Morgan fingerprint density at radius 2 is 1.88 bits per heavy atom. The van der Waals surface area contributed by atoms with Crippen molar-refractivity contribution in [1.82, 2.24) is 15.3 Å². The number of benzene rings is 2. The normalized spacial score (nSPS) is 11.4. The lowest BCUT2D eigenvalue weighted by atomic mass is 10.0. The van der Waals surface area contributed by atoms with Crippen LogP contribution in [0.1, 0.15) is 30.6 Å². The summed E-state index contributed by atoms with van der Waals surface area (Å²) < 4.78 is 5.46. The quantitative estimate of drug-likeness (QED) is 0.263. The van der Waals surface area contributed by atoms with Gasteiger partial charge in [0.25, 0.3) is 0 Å². The fraction of sp³-hybridized carbons (Fsp3) is 0.217. The summed E-state index contributed by atoms with van der Waals surface area (Å²) >= 11 is 17.6. The number of carbonyl (C=O) groups is 1. The highest BCUT2D eigenvalue weighted by Gasteiger charge is 2.20. The minimum atomic E-state index is -1.01. The number of aryl methyl sites for hydroxylation is 1. The number of carboxylic acids is 1. The van der Waals surface area contributed by atoms with Crippen molar-refractivity contribution in [3.8, 4) is 5.75 Å². The number of aromatic nitrogens is 2. The van der Waals surface area contributed by atoms with Gasteiger partial charge in [-0.1, -0.05) is 29.3 Å². The predicted octanol–water partition coefficient (Wildman–Crippen LogP) is 5.74. The molecule has 0 aliphatic carbocycles. The van der Waals surface area contributed by atoms with E-state index in [1.807, 2.05) is 38.1 Å². The Hall–Kier alpha value is -3.14. The molecule has 8 nitrogen and oxygen atoms in total. The van der Waals surface area contributed by atoms with E-state index >= 15 is 0 Å². The number of thiocarbonyl (C=S) groups is 1. The van der Waals surface area contributed by atoms with Gasteiger partial charge in [0.2, 0.25) is 5.95 Å². The van der Waals surface area contributed by atoms with Gasteiger partial charge in [0.15, 0.2) is 5.11 Å². The zero-order chi connectivity index (χ0) is 24.7. The van der Waals surface area contributed by atoms with Crippen molar-refractivity contribution in [2.24, 2.45) is 0 Å². The van der Waals surface area contributed by atoms with Crippen LogP contribution >= 0.6 is 35.4 Å². The molecule has 0 amide bonds. The first-order chi connectivity index (χ1) is 16.2. The number of ether oxygens (including phenoxy) is 1. The van der Waals surface area contributed by atoms with Gasteiger partial charge in [-0.25, -0.2) is 4.98 Å². The smallest absolute Gasteiger partial charge is 0.305 e. The molecule has 1 heterocycles. The van der Waals surface area contributed by atoms with Crippen molar-refractivity contribution >= 4 is 64.0 Å². The summed E-state index contributed by atoms with van der Waals surface area (Å²) in [6.07, 6.45) is -0.248. The van der Waals surface area contributed by atoms with E-state index < -0.39 is 12.0 Å². The van der Waals surface area contributed by atoms with E-state index in [0.29, 0.717) is 33.7 Å². The van der Waals surface area contributed by atoms with Crippen LogP contribution in [0.5, 0.6) is 5.75 Å². The molecule has 178 valence electrons. The molecule has 0 aliphatic heterocycles. The minimum Gasteiger partial charge on any atom is -0.494 e. The highest BCUT2D eigenvalue weighted by Crippen LogP contribution is 2.28. The molecule has 3 aromatic rings. The molecule has 0 fully saturated rings. The van der Waals surface area contributed by atoms with Crippen molar-refractivity contribution < 1.29 is 14.6 Å². The number of nitrogens with zero attached hydrogens (tertiary/aromatic N) is 2. The number of carboxylic acid groups (broad SMARTS) is 1. The van der Waals surface area contributed by atoms with E-state index in [0.717, 1.165) is 11.4 Å². The van der Waals surface area contributed by atoms with Gasteiger partial charge in [-0.15, -0.1) is 0 Å². The Morgan fingerprint density at radius 1 is 1.15 bits per heavy atom. The molecule has 0 aliphatic rings. The van der Waals surface area contributed by atoms with Crippen LogP contribution in [0.2, 0.25) is 10.0 Å². The minimum absolute atomic E-state index is 0.148. The average molecular weight is 520 g/mol. The van der Waals surface area contributed by atoms with Crippen molar-refractivity contribution in [1.29, 1.82) is 0 Å². The molecule has 1 atom stereocenters. The SMILES string of the molecule is CCOc1ccc(Nc2cc(C)nc(NC(=S)N[C@@H](CC(=O)O)c3ccc(Cl)cc3Cl)n2)cc1. The molecule has 0 bridgehead atoms. The summed E-state index contributed by atoms with van der Waals surface area (Å²) in [5.41, 5.74) is 2.09. The fourth-order valence-corrected chi connectivity index (χ4v) is 3.90. The second kappa shape index (κ2) is 11.8. The van der Waals surface area contributed by atoms with E-state index in [-0.39, 0.29) is 17.5 Å². The summed E-state index contributed by atoms with van der Waals surface area (Å²) in [7, 11) is 0. The molecule has 4 N–H and O–H groups in total. The van der Waals surface area contributed by atoms with Crippen LogP contribution in [0.15, 0.2) is 48.5 Å². The number of aliphatic carboxylic acids is 1. The molecular weight excluding hydrogens is 497 g/mol. The Morgan fingerprint density at radius 3 is 2.53 bits per heavy atom. The van der Waals surface area contributed by atoms with Gasteiger partial charge in [0.05, 0.1) is 19.1 Å². The largest absolute Gasteiger partial charge is 0.494 e. The van der Waals surface area contributed by atoms with E-state index in [9.17, 15) is 9.90 Å². The molecule has 0 unspecified atom stereocenters. The standard InChI is InChI=1S/C23H23Cl2N5O3S/c1-3-33-16-7-5-15(6-8-16)27-20-10-13(2)26-22(29-20)30-23(34)28-19(12-21(31)32)17-9-4-14(24)11-18(17)25/h4-11,19H,3,12H2,1-2H3,(H,31,32)(H3,26,27,28,29,30,34)/t19-/m0/s1. The summed E-state index contributed by atoms with van der Waals surface area (Å²) in [6, 6.07) is 13.4. The molecule has 0 radical (unpaired) electrons. The zero-order valence-corrected chi connectivity index (χ0v) is 20.8. The van der Waals surface area contributed by atoms with Crippen LogP contribution in [-0.4, -0.2) is 32.8 Å². The van der Waals surface area contributed by atoms with E-state index in [4.69, 9.17) is 40.2 Å². The number of anilines is 3. The van der Waals surface area contributed by atoms with Gasteiger partial charge >= 0.3 is 5.97 Å². The second-order valence-corrected chi connectivity index (χ2v) is 8.47. The third kappa shape index (κ3) is 7.44. The van der Waals surface area contributed by atoms with Crippen molar-refractivity contribution in [3.63, 3.8) is 0 Å². The van der Waals surface area contributed by atoms with Crippen LogP contribution in [0.4, 0.5) is 17.5 Å². The summed E-state index contributed by atoms with van der Waals surface area (Å²) in [6.45, 7) is 4.35. The van der Waals surface area contributed by atoms with Gasteiger partial charge in [0, 0.05) is 27.5 Å². The number of halogens is 2. The van der Waals surface area contributed by atoms with E-state index in [2.05, 4.69) is 25.9 Å². The maximum Gasteiger partial charge on any atom is 0.305 e. The van der Waals surface area contributed by atoms with Crippen molar-refractivity contribution in [2.75, 3.05) is 17.2 Å². The third-order valence-corrected chi connectivity index (χ3v) is 5.32. The Labute approximate surface area is 212 Å². The molecular formula is C23H23Cl2N5O3S. The number of hydrogen-bond donors (Lipinski definition) is 4. The number of nitrogens with one attached hydrogen (secondary N) is 3. The van der Waals surface area contributed by atoms with Crippen molar-refractivity contribution in [3.05, 3.63) is 69.8 Å². The lowest BCUT2D eigenvalue weighted by molar-refractivity contribution is -0.137. The molecule has 1 aromatic heterocycles. The van der Waals surface area contributed by atoms with Crippen LogP contribution in [0.3, 0.4) is 0 Å². The van der Waals surface area contributed by atoms with Gasteiger partial charge in [0.1, 0.15) is 11.6 Å². The average Bonchev–Trinajstić information content (AvgIpc) is 2.74. The van der Waals surface area contributed by atoms with Crippen LogP contribution in [0, 0.1) is 6.92 Å². The molecule has 11 heteroatoms. The molecule has 34 heavy (non-hydrogen) atoms. The lowest BCUT2D eigenvalue weighted by Crippen LogP contribution is -2.34. The summed E-state index contributed by atoms with van der Waals surface area (Å²) in [5, 5.41) is 19.4. The van der Waals surface area contributed by atoms with E-state index in [1.54, 1.807) is 24.3 Å². The summed E-state index contributed by atoms with van der Waals surface area (Å²) in [4.78, 5) is 20.2. The van der Waals surface area contributed by atoms with Gasteiger partial charge < -0.3 is 25.8 Å². The lowest BCUT2D eigenvalue weighted by Gasteiger charge is -2.21. The first kappa shape index (κ1) is 25.5. The summed E-state index contributed by atoms with van der Waals surface area (Å²) in [5.74, 6) is 0.578. The first-order valence-corrected chi connectivity index (χ1v) is 11.5. The maximum atomic E-state index is 11.4. The van der Waals surface area contributed by atoms with Crippen molar-refractivity contribution in [2.45, 2.75) is 26.3 Å². The fourth-order valence-electron chi connectivity index (χ4n) is 3.13. The topological polar surface area (TPSA) is 108 Å². The third-order valence-electron chi connectivity index (χ3n) is 4.54. The predicted molar refractivity (Wildman–Crippen MR) is 138 cm³/mol. The highest BCUT2D eigenvalue weighted by atomic mass is 35.5. The van der Waals surface area contributed by atoms with Gasteiger partial charge in [-0.05, 0) is 68.0 Å². The van der Waals surface area contributed by atoms with E-state index in [1.165, 1.54) is 0 Å². The second-order valence-electron chi connectivity index (χ2n) is 7.22. The maximum absolute atomic E-state index is 11.4.